The summed E-state index contributed by atoms with van der Waals surface area (Å²) < 4.78 is 14.2. The Labute approximate surface area is 147 Å². The molecule has 3 N–H and O–H groups in total. The van der Waals surface area contributed by atoms with Crippen LogP contribution in [0.4, 0.5) is 14.9 Å². The van der Waals surface area contributed by atoms with Gasteiger partial charge in [-0.3, -0.25) is 9.69 Å². The highest BCUT2D eigenvalue weighted by molar-refractivity contribution is 5.98. The lowest BCUT2D eigenvalue weighted by molar-refractivity contribution is -0.125. The average molecular weight is 348 g/mol. The van der Waals surface area contributed by atoms with Gasteiger partial charge in [-0.25, -0.2) is 9.18 Å². The fourth-order valence-corrected chi connectivity index (χ4v) is 3.82. The lowest BCUT2D eigenvalue weighted by atomic mass is 9.97. The van der Waals surface area contributed by atoms with E-state index < -0.39 is 6.03 Å². The molecule has 2 aliphatic heterocycles. The van der Waals surface area contributed by atoms with Gasteiger partial charge < -0.3 is 16.0 Å². The maximum absolute atomic E-state index is 14.2. The van der Waals surface area contributed by atoms with Crippen LogP contribution in [0.2, 0.25) is 0 Å². The maximum Gasteiger partial charge on any atom is 0.312 e. The van der Waals surface area contributed by atoms with Crippen LogP contribution < -0.4 is 16.0 Å². The summed E-state index contributed by atoms with van der Waals surface area (Å²) in [6.45, 7) is 3.90. The number of hydrogen-bond acceptors (Lipinski definition) is 3. The second-order valence-electron chi connectivity index (χ2n) is 6.92. The molecular formula is C18H25FN4O2. The van der Waals surface area contributed by atoms with Crippen molar-refractivity contribution in [2.75, 3.05) is 24.5 Å². The molecule has 2 fully saturated rings. The van der Waals surface area contributed by atoms with Crippen LogP contribution in [0, 0.1) is 12.7 Å². The van der Waals surface area contributed by atoms with Crippen molar-refractivity contribution in [1.82, 2.24) is 10.2 Å². The lowest BCUT2D eigenvalue weighted by Gasteiger charge is -2.41. The van der Waals surface area contributed by atoms with Gasteiger partial charge in [0.2, 0.25) is 5.91 Å². The number of primary amides is 1. The summed E-state index contributed by atoms with van der Waals surface area (Å²) in [5.41, 5.74) is 6.48. The number of benzene rings is 1. The molecule has 0 aliphatic carbocycles. The molecule has 6 nitrogen and oxygen atoms in total. The fraction of sp³-hybridized carbons (Fsp3) is 0.556. The number of halogens is 1. The van der Waals surface area contributed by atoms with Gasteiger partial charge in [-0.1, -0.05) is 6.07 Å². The number of likely N-dealkylation sites (tertiary alicyclic amines) is 1. The van der Waals surface area contributed by atoms with Gasteiger partial charge in [-0.2, -0.15) is 0 Å². The first-order valence-electron chi connectivity index (χ1n) is 8.83. The minimum absolute atomic E-state index is 0.0305. The van der Waals surface area contributed by atoms with Gasteiger partial charge in [-0.15, -0.1) is 0 Å². The van der Waals surface area contributed by atoms with E-state index in [9.17, 15) is 14.0 Å². The average Bonchev–Trinajstić information content (AvgIpc) is 2.58. The van der Waals surface area contributed by atoms with Crippen LogP contribution in [0.3, 0.4) is 0 Å². The van der Waals surface area contributed by atoms with E-state index in [0.29, 0.717) is 12.2 Å². The van der Waals surface area contributed by atoms with Crippen LogP contribution >= 0.6 is 0 Å². The van der Waals surface area contributed by atoms with Crippen molar-refractivity contribution in [3.63, 3.8) is 0 Å². The van der Waals surface area contributed by atoms with Gasteiger partial charge in [0, 0.05) is 25.7 Å². The van der Waals surface area contributed by atoms with Crippen LogP contribution in [0.1, 0.15) is 31.2 Å². The van der Waals surface area contributed by atoms with Gasteiger partial charge in [0.25, 0.3) is 0 Å². The Morgan fingerprint density at radius 2 is 1.96 bits per heavy atom. The zero-order chi connectivity index (χ0) is 18.0. The largest absolute Gasteiger partial charge is 0.352 e. The number of urea groups is 1. The van der Waals surface area contributed by atoms with Crippen LogP contribution in [0.25, 0.3) is 0 Å². The Bertz CT molecular complexity index is 658. The molecule has 1 aromatic carbocycles. The first-order valence-corrected chi connectivity index (χ1v) is 8.83. The summed E-state index contributed by atoms with van der Waals surface area (Å²) in [6.07, 6.45) is 3.18. The standard InChI is InChI=1S/C18H25FN4O2/c1-12-4-5-14(19)16(11-12)23-8-2-3-15(17(23)24)22-9-6-13(7-10-22)21-18(20)25/h4-5,11,13,15H,2-3,6-10H2,1H3,(H3,20,21,25)/t15-/m1/s1. The number of rotatable bonds is 3. The summed E-state index contributed by atoms with van der Waals surface area (Å²) >= 11 is 0. The van der Waals surface area contributed by atoms with E-state index in [1.807, 2.05) is 6.92 Å². The first-order chi connectivity index (χ1) is 12.0. The summed E-state index contributed by atoms with van der Waals surface area (Å²) in [7, 11) is 0. The molecule has 0 spiro atoms. The van der Waals surface area contributed by atoms with E-state index in [0.717, 1.165) is 44.3 Å². The fourth-order valence-electron chi connectivity index (χ4n) is 3.82. The summed E-state index contributed by atoms with van der Waals surface area (Å²) in [4.78, 5) is 27.7. The van der Waals surface area contributed by atoms with E-state index in [-0.39, 0.29) is 23.8 Å². The number of carbonyl (C=O) groups is 2. The zero-order valence-corrected chi connectivity index (χ0v) is 14.5. The molecule has 1 atom stereocenters. The van der Waals surface area contributed by atoms with Crippen molar-refractivity contribution < 1.29 is 14.0 Å². The molecule has 3 amide bonds. The number of hydrogen-bond donors (Lipinski definition) is 2. The van der Waals surface area contributed by atoms with Crippen LogP contribution in [-0.2, 0) is 4.79 Å². The number of nitrogens with one attached hydrogen (secondary N) is 1. The highest BCUT2D eigenvalue weighted by atomic mass is 19.1. The van der Waals surface area contributed by atoms with E-state index in [1.165, 1.54) is 6.07 Å². The minimum atomic E-state index is -0.506. The number of anilines is 1. The van der Waals surface area contributed by atoms with Crippen molar-refractivity contribution in [3.05, 3.63) is 29.6 Å². The Kier molecular flexibility index (Phi) is 5.22. The van der Waals surface area contributed by atoms with Crippen molar-refractivity contribution >= 4 is 17.6 Å². The third kappa shape index (κ3) is 3.92. The van der Waals surface area contributed by atoms with Gasteiger partial charge in [0.15, 0.2) is 0 Å². The molecule has 7 heteroatoms. The molecule has 0 bridgehead atoms. The van der Waals surface area contributed by atoms with Gasteiger partial charge >= 0.3 is 6.03 Å². The smallest absolute Gasteiger partial charge is 0.312 e. The molecule has 2 aliphatic rings. The van der Waals surface area contributed by atoms with Gasteiger partial charge in [-0.05, 0) is 50.3 Å². The first kappa shape index (κ1) is 17.7. The maximum atomic E-state index is 14.2. The third-order valence-corrected chi connectivity index (χ3v) is 5.12. The normalized spacial score (nSPS) is 22.9. The molecule has 2 saturated heterocycles. The molecule has 1 aromatic rings. The molecule has 3 rings (SSSR count). The van der Waals surface area contributed by atoms with E-state index >= 15 is 0 Å². The Morgan fingerprint density at radius 1 is 1.24 bits per heavy atom. The van der Waals surface area contributed by atoms with Crippen molar-refractivity contribution in [2.45, 2.75) is 44.7 Å². The SMILES string of the molecule is Cc1ccc(F)c(N2CCC[C@@H](N3CCC(NC(N)=O)CC3)C2=O)c1. The summed E-state index contributed by atoms with van der Waals surface area (Å²) in [6, 6.07) is 4.21. The molecule has 136 valence electrons. The van der Waals surface area contributed by atoms with Gasteiger partial charge in [0.1, 0.15) is 5.82 Å². The van der Waals surface area contributed by atoms with Gasteiger partial charge in [0.05, 0.1) is 11.7 Å². The molecule has 0 aromatic heterocycles. The molecule has 0 unspecified atom stereocenters. The summed E-state index contributed by atoms with van der Waals surface area (Å²) in [5, 5.41) is 2.73. The Hall–Kier alpha value is -2.15. The number of nitrogens with two attached hydrogens (primary N) is 1. The summed E-state index contributed by atoms with van der Waals surface area (Å²) in [5.74, 6) is -0.388. The van der Waals surface area contributed by atoms with Crippen molar-refractivity contribution in [3.8, 4) is 0 Å². The van der Waals surface area contributed by atoms with E-state index in [4.69, 9.17) is 5.73 Å². The molecule has 0 radical (unpaired) electrons. The minimum Gasteiger partial charge on any atom is -0.352 e. The monoisotopic (exact) mass is 348 g/mol. The van der Waals surface area contributed by atoms with E-state index in [1.54, 1.807) is 17.0 Å². The van der Waals surface area contributed by atoms with Crippen molar-refractivity contribution in [1.29, 1.82) is 0 Å². The molecule has 25 heavy (non-hydrogen) atoms. The number of piperidine rings is 2. The van der Waals surface area contributed by atoms with Crippen molar-refractivity contribution in [2.24, 2.45) is 5.73 Å². The number of nitrogens with zero attached hydrogens (tertiary/aromatic N) is 2. The quantitative estimate of drug-likeness (QED) is 0.874. The number of aryl methyl sites for hydroxylation is 1. The van der Waals surface area contributed by atoms with Crippen LogP contribution in [0.5, 0.6) is 0 Å². The Morgan fingerprint density at radius 3 is 2.64 bits per heavy atom. The predicted octanol–water partition coefficient (Wildman–Crippen LogP) is 1.76. The third-order valence-electron chi connectivity index (χ3n) is 5.12. The van der Waals surface area contributed by atoms with E-state index in [2.05, 4.69) is 10.2 Å². The van der Waals surface area contributed by atoms with Crippen LogP contribution in [0.15, 0.2) is 18.2 Å². The predicted molar refractivity (Wildman–Crippen MR) is 93.8 cm³/mol. The molecular weight excluding hydrogens is 323 g/mol. The highest BCUT2D eigenvalue weighted by Gasteiger charge is 2.36. The lowest BCUT2D eigenvalue weighted by Crippen LogP contribution is -2.56. The Balaban J connectivity index is 1.69. The second-order valence-corrected chi connectivity index (χ2v) is 6.92. The molecule has 2 heterocycles. The second kappa shape index (κ2) is 7.39. The molecule has 0 saturated carbocycles. The zero-order valence-electron chi connectivity index (χ0n) is 14.5. The highest BCUT2D eigenvalue weighted by Crippen LogP contribution is 2.28. The number of carbonyl (C=O) groups excluding carboxylic acids is 2. The van der Waals surface area contributed by atoms with Crippen LogP contribution in [-0.4, -0.2) is 48.6 Å². The number of amides is 3. The topological polar surface area (TPSA) is 78.7 Å².